The van der Waals surface area contributed by atoms with E-state index < -0.39 is 0 Å². The number of hydrogen-bond donors (Lipinski definition) is 1. The van der Waals surface area contributed by atoms with E-state index in [9.17, 15) is 4.79 Å². The maximum Gasteiger partial charge on any atom is 0.220 e. The maximum absolute atomic E-state index is 12.3. The molecule has 0 aliphatic rings. The molecule has 0 fully saturated rings. The molecule has 25 heavy (non-hydrogen) atoms. The Morgan fingerprint density at radius 1 is 1.24 bits per heavy atom. The summed E-state index contributed by atoms with van der Waals surface area (Å²) in [6.07, 6.45) is 3.00. The van der Waals surface area contributed by atoms with Gasteiger partial charge in [0.2, 0.25) is 5.91 Å². The highest BCUT2D eigenvalue weighted by molar-refractivity contribution is 7.98. The lowest BCUT2D eigenvalue weighted by Gasteiger charge is -2.17. The Balaban J connectivity index is 1.99. The van der Waals surface area contributed by atoms with Crippen molar-refractivity contribution in [3.63, 3.8) is 0 Å². The molecule has 0 aliphatic heterocycles. The van der Waals surface area contributed by atoms with Crippen molar-refractivity contribution >= 4 is 17.7 Å². The molecule has 0 saturated heterocycles. The molecule has 1 aromatic carbocycles. The fourth-order valence-electron chi connectivity index (χ4n) is 2.82. The molecule has 0 bridgehead atoms. The second kappa shape index (κ2) is 8.85. The Hall–Kier alpha value is -2.08. The SMILES string of the molecule is COc1ccccc1C(C)NC(=O)CCc1c(C)nc(SC)nc1C. The summed E-state index contributed by atoms with van der Waals surface area (Å²) < 4.78 is 5.36. The van der Waals surface area contributed by atoms with Crippen LogP contribution in [0.3, 0.4) is 0 Å². The number of carbonyl (C=O) groups is 1. The second-order valence-corrected chi connectivity index (χ2v) is 6.66. The van der Waals surface area contributed by atoms with Crippen LogP contribution < -0.4 is 10.1 Å². The largest absolute Gasteiger partial charge is 0.496 e. The predicted molar refractivity (Wildman–Crippen MR) is 101 cm³/mol. The summed E-state index contributed by atoms with van der Waals surface area (Å²) in [5.41, 5.74) is 3.92. The summed E-state index contributed by atoms with van der Waals surface area (Å²) in [5.74, 6) is 0.786. The lowest BCUT2D eigenvalue weighted by molar-refractivity contribution is -0.121. The third kappa shape index (κ3) is 4.95. The summed E-state index contributed by atoms with van der Waals surface area (Å²) >= 11 is 1.53. The Labute approximate surface area is 153 Å². The van der Waals surface area contributed by atoms with Gasteiger partial charge in [-0.3, -0.25) is 4.79 Å². The number of methoxy groups -OCH3 is 1. The average molecular weight is 359 g/mol. The average Bonchev–Trinajstić information content (AvgIpc) is 2.60. The van der Waals surface area contributed by atoms with Gasteiger partial charge in [-0.05, 0) is 45.1 Å². The van der Waals surface area contributed by atoms with Gasteiger partial charge in [-0.25, -0.2) is 9.97 Å². The molecule has 134 valence electrons. The molecule has 6 heteroatoms. The van der Waals surface area contributed by atoms with Gasteiger partial charge in [0.15, 0.2) is 5.16 Å². The van der Waals surface area contributed by atoms with Gasteiger partial charge in [-0.1, -0.05) is 30.0 Å². The van der Waals surface area contributed by atoms with E-state index in [1.54, 1.807) is 7.11 Å². The standard InChI is InChI=1S/C19H25N3O2S/c1-12-15(13(2)22-19(21-12)25-5)10-11-18(23)20-14(3)16-8-6-7-9-17(16)24-4/h6-9,14H,10-11H2,1-5H3,(H,20,23). The first-order valence-electron chi connectivity index (χ1n) is 8.26. The molecule has 0 aliphatic carbocycles. The molecule has 5 nitrogen and oxygen atoms in total. The van der Waals surface area contributed by atoms with Crippen LogP contribution in [0.15, 0.2) is 29.4 Å². The zero-order valence-electron chi connectivity index (χ0n) is 15.4. The van der Waals surface area contributed by atoms with Gasteiger partial charge in [0.1, 0.15) is 5.75 Å². The number of para-hydroxylation sites is 1. The number of hydrogen-bond acceptors (Lipinski definition) is 5. The van der Waals surface area contributed by atoms with Crippen LogP contribution in [-0.4, -0.2) is 29.2 Å². The summed E-state index contributed by atoms with van der Waals surface area (Å²) in [6, 6.07) is 7.61. The van der Waals surface area contributed by atoms with Gasteiger partial charge < -0.3 is 10.1 Å². The van der Waals surface area contributed by atoms with Crippen molar-refractivity contribution in [1.82, 2.24) is 15.3 Å². The molecular formula is C19H25N3O2S. The molecule has 1 N–H and O–H groups in total. The van der Waals surface area contributed by atoms with E-state index in [1.165, 1.54) is 11.8 Å². The minimum Gasteiger partial charge on any atom is -0.496 e. The van der Waals surface area contributed by atoms with E-state index in [2.05, 4.69) is 15.3 Å². The molecule has 0 radical (unpaired) electrons. The van der Waals surface area contributed by atoms with Crippen LogP contribution in [0.5, 0.6) is 5.75 Å². The van der Waals surface area contributed by atoms with Crippen LogP contribution in [0.25, 0.3) is 0 Å². The number of carbonyl (C=O) groups excluding carboxylic acids is 1. The molecule has 1 atom stereocenters. The molecule has 0 spiro atoms. The summed E-state index contributed by atoms with van der Waals surface area (Å²) in [6.45, 7) is 5.90. The van der Waals surface area contributed by atoms with Crippen LogP contribution in [0.2, 0.25) is 0 Å². The van der Waals surface area contributed by atoms with Crippen LogP contribution in [0, 0.1) is 13.8 Å². The normalized spacial score (nSPS) is 11.9. The van der Waals surface area contributed by atoms with E-state index in [1.807, 2.05) is 51.3 Å². The monoisotopic (exact) mass is 359 g/mol. The first kappa shape index (κ1) is 19.2. The van der Waals surface area contributed by atoms with Crippen molar-refractivity contribution in [2.75, 3.05) is 13.4 Å². The highest BCUT2D eigenvalue weighted by Crippen LogP contribution is 2.24. The van der Waals surface area contributed by atoms with Gasteiger partial charge in [-0.15, -0.1) is 0 Å². The minimum absolute atomic E-state index is 0.00569. The van der Waals surface area contributed by atoms with Crippen molar-refractivity contribution in [3.8, 4) is 5.75 Å². The Morgan fingerprint density at radius 3 is 2.48 bits per heavy atom. The fourth-order valence-corrected chi connectivity index (χ4v) is 3.27. The lowest BCUT2D eigenvalue weighted by Crippen LogP contribution is -2.27. The summed E-state index contributed by atoms with van der Waals surface area (Å²) in [4.78, 5) is 21.3. The fraction of sp³-hybridized carbons (Fsp3) is 0.421. The van der Waals surface area contributed by atoms with Gasteiger partial charge in [0.05, 0.1) is 13.2 Å². The number of nitrogens with zero attached hydrogens (tertiary/aromatic N) is 2. The molecule has 1 unspecified atom stereocenters. The van der Waals surface area contributed by atoms with Crippen molar-refractivity contribution in [2.24, 2.45) is 0 Å². The minimum atomic E-state index is -0.110. The highest BCUT2D eigenvalue weighted by atomic mass is 32.2. The molecule has 1 heterocycles. The molecule has 1 aromatic heterocycles. The molecular weight excluding hydrogens is 334 g/mol. The van der Waals surface area contributed by atoms with Gasteiger partial charge >= 0.3 is 0 Å². The number of ether oxygens (including phenoxy) is 1. The Kier molecular flexibility index (Phi) is 6.82. The third-order valence-electron chi connectivity index (χ3n) is 4.17. The second-order valence-electron chi connectivity index (χ2n) is 5.89. The number of amides is 1. The van der Waals surface area contributed by atoms with Crippen molar-refractivity contribution in [2.45, 2.75) is 44.8 Å². The summed E-state index contributed by atoms with van der Waals surface area (Å²) in [5, 5.41) is 3.81. The highest BCUT2D eigenvalue weighted by Gasteiger charge is 2.15. The number of aromatic nitrogens is 2. The number of rotatable bonds is 7. The quantitative estimate of drug-likeness (QED) is 0.604. The van der Waals surface area contributed by atoms with Gasteiger partial charge in [-0.2, -0.15) is 0 Å². The molecule has 1 amide bonds. The Bertz CT molecular complexity index is 726. The van der Waals surface area contributed by atoms with Gasteiger partial charge in [0.25, 0.3) is 0 Å². The number of thioether (sulfide) groups is 1. The Morgan fingerprint density at radius 2 is 1.88 bits per heavy atom. The third-order valence-corrected chi connectivity index (χ3v) is 4.72. The molecule has 0 saturated carbocycles. The topological polar surface area (TPSA) is 64.1 Å². The number of benzene rings is 1. The molecule has 2 rings (SSSR count). The van der Waals surface area contributed by atoms with Crippen LogP contribution in [0.1, 0.15) is 41.9 Å². The van der Waals surface area contributed by atoms with Crippen molar-refractivity contribution in [3.05, 3.63) is 46.8 Å². The van der Waals surface area contributed by atoms with Gasteiger partial charge in [0, 0.05) is 23.4 Å². The van der Waals surface area contributed by atoms with Crippen molar-refractivity contribution in [1.29, 1.82) is 0 Å². The van der Waals surface area contributed by atoms with Crippen molar-refractivity contribution < 1.29 is 9.53 Å². The van der Waals surface area contributed by atoms with Crippen LogP contribution in [-0.2, 0) is 11.2 Å². The smallest absolute Gasteiger partial charge is 0.220 e. The number of nitrogens with one attached hydrogen (secondary N) is 1. The van der Waals surface area contributed by atoms with E-state index in [0.717, 1.165) is 33.4 Å². The predicted octanol–water partition coefficient (Wildman–Crippen LogP) is 3.63. The van der Waals surface area contributed by atoms with Crippen LogP contribution >= 0.6 is 11.8 Å². The van der Waals surface area contributed by atoms with Crippen LogP contribution in [0.4, 0.5) is 0 Å². The summed E-state index contributed by atoms with van der Waals surface area (Å²) in [7, 11) is 1.64. The number of aryl methyl sites for hydroxylation is 2. The van der Waals surface area contributed by atoms with E-state index >= 15 is 0 Å². The van der Waals surface area contributed by atoms with E-state index in [0.29, 0.717) is 12.8 Å². The van der Waals surface area contributed by atoms with E-state index in [4.69, 9.17) is 4.74 Å². The zero-order valence-corrected chi connectivity index (χ0v) is 16.2. The molecule has 2 aromatic rings. The van der Waals surface area contributed by atoms with E-state index in [-0.39, 0.29) is 11.9 Å². The first-order valence-corrected chi connectivity index (χ1v) is 9.49. The lowest BCUT2D eigenvalue weighted by atomic mass is 10.0. The maximum atomic E-state index is 12.3. The first-order chi connectivity index (χ1) is 12.0. The zero-order chi connectivity index (χ0) is 18.4.